The quantitative estimate of drug-likeness (QED) is 0.800. The molecule has 2 unspecified atom stereocenters. The zero-order valence-electron chi connectivity index (χ0n) is 11.6. The molecule has 106 valence electrons. The number of hydrogen-bond acceptors (Lipinski definition) is 3. The number of ether oxygens (including phenoxy) is 1. The summed E-state index contributed by atoms with van der Waals surface area (Å²) in [5, 5.41) is 0.298. The third kappa shape index (κ3) is 2.03. The smallest absolute Gasteiger partial charge is 0.262 e. The SMILES string of the molecule is CC(Cl)c1nc2ccccc2c(=O)n1C1(C)CCOC1. The largest absolute Gasteiger partial charge is 0.379 e. The van der Waals surface area contributed by atoms with Gasteiger partial charge in [-0.3, -0.25) is 9.36 Å². The van der Waals surface area contributed by atoms with Gasteiger partial charge < -0.3 is 4.74 Å². The Labute approximate surface area is 122 Å². The third-order valence-corrected chi connectivity index (χ3v) is 4.09. The summed E-state index contributed by atoms with van der Waals surface area (Å²) in [6, 6.07) is 7.38. The minimum atomic E-state index is -0.368. The average Bonchev–Trinajstić information content (AvgIpc) is 2.86. The fourth-order valence-electron chi connectivity index (χ4n) is 2.77. The minimum absolute atomic E-state index is 0.0360. The van der Waals surface area contributed by atoms with Gasteiger partial charge in [-0.05, 0) is 32.4 Å². The normalized spacial score (nSPS) is 24.1. The lowest BCUT2D eigenvalue weighted by Crippen LogP contribution is -2.42. The Morgan fingerprint density at radius 2 is 2.20 bits per heavy atom. The van der Waals surface area contributed by atoms with Crippen LogP contribution in [0.3, 0.4) is 0 Å². The number of alkyl halides is 1. The fourth-order valence-corrected chi connectivity index (χ4v) is 2.92. The lowest BCUT2D eigenvalue weighted by Gasteiger charge is -2.28. The zero-order valence-corrected chi connectivity index (χ0v) is 12.4. The number of halogens is 1. The van der Waals surface area contributed by atoms with E-state index in [0.717, 1.165) is 6.42 Å². The molecule has 3 rings (SSSR count). The third-order valence-electron chi connectivity index (χ3n) is 3.90. The van der Waals surface area contributed by atoms with Crippen molar-refractivity contribution in [2.24, 2.45) is 0 Å². The Kier molecular flexibility index (Phi) is 3.30. The molecule has 1 aromatic heterocycles. The van der Waals surface area contributed by atoms with Gasteiger partial charge in [-0.15, -0.1) is 11.6 Å². The number of para-hydroxylation sites is 1. The molecule has 2 aromatic rings. The van der Waals surface area contributed by atoms with Crippen molar-refractivity contribution in [1.29, 1.82) is 0 Å². The van der Waals surface area contributed by atoms with Crippen molar-refractivity contribution in [3.05, 3.63) is 40.4 Å². The summed E-state index contributed by atoms with van der Waals surface area (Å²) in [6.07, 6.45) is 0.795. The first-order valence-electron chi connectivity index (χ1n) is 6.77. The van der Waals surface area contributed by atoms with Crippen molar-refractivity contribution in [3.63, 3.8) is 0 Å². The molecule has 0 aliphatic carbocycles. The standard InChI is InChI=1S/C15H17ClN2O2/c1-10(16)13-17-12-6-4-3-5-11(12)14(19)18(13)15(2)7-8-20-9-15/h3-6,10H,7-9H2,1-2H3. The van der Waals surface area contributed by atoms with E-state index in [0.29, 0.717) is 29.9 Å². The van der Waals surface area contributed by atoms with Gasteiger partial charge in [0, 0.05) is 6.61 Å². The van der Waals surface area contributed by atoms with Crippen LogP contribution in [0.4, 0.5) is 0 Å². The highest BCUT2D eigenvalue weighted by Gasteiger charge is 2.35. The predicted octanol–water partition coefficient (Wildman–Crippen LogP) is 2.83. The molecular formula is C15H17ClN2O2. The van der Waals surface area contributed by atoms with E-state index in [4.69, 9.17) is 16.3 Å². The van der Waals surface area contributed by atoms with Gasteiger partial charge in [0.05, 0.1) is 28.4 Å². The molecule has 0 N–H and O–H groups in total. The molecule has 0 amide bonds. The summed E-state index contributed by atoms with van der Waals surface area (Å²) in [5.74, 6) is 0.614. The topological polar surface area (TPSA) is 44.1 Å². The van der Waals surface area contributed by atoms with Gasteiger partial charge in [0.25, 0.3) is 5.56 Å². The van der Waals surface area contributed by atoms with E-state index in [1.807, 2.05) is 38.1 Å². The molecule has 0 saturated carbocycles. The highest BCUT2D eigenvalue weighted by molar-refractivity contribution is 6.20. The number of rotatable bonds is 2. The number of benzene rings is 1. The second-order valence-corrected chi connectivity index (χ2v) is 6.20. The molecule has 0 bridgehead atoms. The molecule has 1 fully saturated rings. The Balaban J connectivity index is 2.36. The van der Waals surface area contributed by atoms with Crippen LogP contribution in [0.25, 0.3) is 10.9 Å². The molecule has 1 aliphatic heterocycles. The summed E-state index contributed by atoms with van der Waals surface area (Å²) in [5.41, 5.74) is 0.289. The first kappa shape index (κ1) is 13.6. The molecule has 0 radical (unpaired) electrons. The van der Waals surface area contributed by atoms with Crippen LogP contribution in [-0.4, -0.2) is 22.8 Å². The van der Waals surface area contributed by atoms with Crippen molar-refractivity contribution >= 4 is 22.5 Å². The Morgan fingerprint density at radius 3 is 2.85 bits per heavy atom. The van der Waals surface area contributed by atoms with Gasteiger partial charge in [0.15, 0.2) is 0 Å². The van der Waals surface area contributed by atoms with Crippen molar-refractivity contribution in [2.75, 3.05) is 13.2 Å². The molecule has 1 aliphatic rings. The van der Waals surface area contributed by atoms with Crippen molar-refractivity contribution in [3.8, 4) is 0 Å². The maximum atomic E-state index is 12.9. The fraction of sp³-hybridized carbons (Fsp3) is 0.467. The van der Waals surface area contributed by atoms with Gasteiger partial charge in [-0.25, -0.2) is 4.98 Å². The number of hydrogen-bond donors (Lipinski definition) is 0. The van der Waals surface area contributed by atoms with Crippen LogP contribution in [0.15, 0.2) is 29.1 Å². The van der Waals surface area contributed by atoms with Crippen LogP contribution >= 0.6 is 11.6 Å². The Bertz CT molecular complexity index is 703. The van der Waals surface area contributed by atoms with Crippen LogP contribution in [0.1, 0.15) is 31.5 Å². The lowest BCUT2D eigenvalue weighted by molar-refractivity contribution is 0.158. The van der Waals surface area contributed by atoms with Gasteiger partial charge >= 0.3 is 0 Å². The van der Waals surface area contributed by atoms with E-state index in [1.54, 1.807) is 4.57 Å². The summed E-state index contributed by atoms with van der Waals surface area (Å²) >= 11 is 6.26. The monoisotopic (exact) mass is 292 g/mol. The highest BCUT2D eigenvalue weighted by Crippen LogP contribution is 2.30. The second-order valence-electron chi connectivity index (χ2n) is 5.54. The van der Waals surface area contributed by atoms with E-state index in [1.165, 1.54) is 0 Å². The van der Waals surface area contributed by atoms with Crippen LogP contribution in [-0.2, 0) is 10.3 Å². The molecule has 5 heteroatoms. The van der Waals surface area contributed by atoms with E-state index in [-0.39, 0.29) is 16.5 Å². The Hall–Kier alpha value is -1.39. The summed E-state index contributed by atoms with van der Waals surface area (Å²) < 4.78 is 7.22. The molecule has 0 spiro atoms. The summed E-state index contributed by atoms with van der Waals surface area (Å²) in [6.45, 7) is 5.05. The predicted molar refractivity (Wildman–Crippen MR) is 79.4 cm³/mol. The second kappa shape index (κ2) is 4.86. The van der Waals surface area contributed by atoms with Crippen LogP contribution in [0.5, 0.6) is 0 Å². The maximum absolute atomic E-state index is 12.9. The van der Waals surface area contributed by atoms with Crippen LogP contribution < -0.4 is 5.56 Å². The maximum Gasteiger partial charge on any atom is 0.262 e. The van der Waals surface area contributed by atoms with Crippen molar-refractivity contribution in [1.82, 2.24) is 9.55 Å². The van der Waals surface area contributed by atoms with E-state index in [9.17, 15) is 4.79 Å². The van der Waals surface area contributed by atoms with E-state index >= 15 is 0 Å². The van der Waals surface area contributed by atoms with Gasteiger partial charge in [-0.1, -0.05) is 12.1 Å². The zero-order chi connectivity index (χ0) is 14.3. The first-order valence-corrected chi connectivity index (χ1v) is 7.20. The molecule has 2 heterocycles. The van der Waals surface area contributed by atoms with Crippen molar-refractivity contribution in [2.45, 2.75) is 31.2 Å². The van der Waals surface area contributed by atoms with Gasteiger partial charge in [0.1, 0.15) is 5.82 Å². The summed E-state index contributed by atoms with van der Waals surface area (Å²) in [7, 11) is 0. The van der Waals surface area contributed by atoms with Gasteiger partial charge in [0.2, 0.25) is 0 Å². The number of fused-ring (bicyclic) bond motifs is 1. The van der Waals surface area contributed by atoms with Crippen LogP contribution in [0.2, 0.25) is 0 Å². The minimum Gasteiger partial charge on any atom is -0.379 e. The molecular weight excluding hydrogens is 276 g/mol. The molecule has 1 aromatic carbocycles. The molecule has 2 atom stereocenters. The molecule has 20 heavy (non-hydrogen) atoms. The van der Waals surface area contributed by atoms with E-state index < -0.39 is 0 Å². The highest BCUT2D eigenvalue weighted by atomic mass is 35.5. The molecule has 4 nitrogen and oxygen atoms in total. The lowest BCUT2D eigenvalue weighted by atomic mass is 10.0. The van der Waals surface area contributed by atoms with Gasteiger partial charge in [-0.2, -0.15) is 0 Å². The molecule has 1 saturated heterocycles. The summed E-state index contributed by atoms with van der Waals surface area (Å²) in [4.78, 5) is 17.5. The first-order chi connectivity index (χ1) is 9.53. The number of nitrogens with zero attached hydrogens (tertiary/aromatic N) is 2. The average molecular weight is 293 g/mol. The number of aromatic nitrogens is 2. The Morgan fingerprint density at radius 1 is 1.45 bits per heavy atom. The van der Waals surface area contributed by atoms with Crippen molar-refractivity contribution < 1.29 is 4.74 Å². The van der Waals surface area contributed by atoms with E-state index in [2.05, 4.69) is 4.98 Å². The van der Waals surface area contributed by atoms with Crippen LogP contribution in [0, 0.1) is 0 Å².